The van der Waals surface area contributed by atoms with Gasteiger partial charge in [-0.2, -0.15) is 10.5 Å². The van der Waals surface area contributed by atoms with Crippen molar-refractivity contribution in [1.82, 2.24) is 0 Å². The molecule has 0 radical (unpaired) electrons. The lowest BCUT2D eigenvalue weighted by Crippen LogP contribution is -2.50. The summed E-state index contributed by atoms with van der Waals surface area (Å²) in [4.78, 5) is 23.9. The van der Waals surface area contributed by atoms with Gasteiger partial charge in [-0.25, -0.2) is 0 Å². The molecular weight excluding hydrogens is 649 g/mol. The number of fused-ring (bicyclic) bond motifs is 10. The Morgan fingerprint density at radius 2 is 1.21 bits per heavy atom. The molecule has 0 saturated heterocycles. The van der Waals surface area contributed by atoms with Crippen molar-refractivity contribution in [3.8, 4) is 12.1 Å². The van der Waals surface area contributed by atoms with Gasteiger partial charge in [-0.05, 0) is 188 Å². The van der Waals surface area contributed by atoms with Crippen molar-refractivity contribution >= 4 is 11.6 Å². The molecular formula is C49H72N2O2. The number of hydrogen-bond acceptors (Lipinski definition) is 4. The fourth-order valence-electron chi connectivity index (χ4n) is 15.5. The molecule has 14 atom stereocenters. The van der Waals surface area contributed by atoms with E-state index in [1.165, 1.54) is 68.9 Å². The molecule has 0 bridgehead atoms. The van der Waals surface area contributed by atoms with Crippen LogP contribution < -0.4 is 0 Å². The minimum Gasteiger partial charge on any atom is -0.295 e. The van der Waals surface area contributed by atoms with Crippen LogP contribution in [0.4, 0.5) is 0 Å². The number of nitriles is 2. The van der Waals surface area contributed by atoms with Crippen molar-refractivity contribution < 1.29 is 9.59 Å². The zero-order valence-corrected chi connectivity index (χ0v) is 33.5. The number of carbonyl (C=O) groups excluding carboxylic acids is 2. The first-order valence-electron chi connectivity index (χ1n) is 21.7. The molecule has 290 valence electrons. The van der Waals surface area contributed by atoms with Crippen molar-refractivity contribution in [3.05, 3.63) is 35.5 Å². The Bertz CT molecular complexity index is 1590. The third-order valence-electron chi connectivity index (χ3n) is 18.4. The molecule has 0 spiro atoms. The smallest absolute Gasteiger partial charge is 0.156 e. The first-order valence-corrected chi connectivity index (χ1v) is 21.7. The summed E-state index contributed by atoms with van der Waals surface area (Å²) in [6, 6.07) is 4.70. The lowest BCUT2D eigenvalue weighted by molar-refractivity contribution is -0.118. The molecule has 0 N–H and O–H groups in total. The number of rotatable bonds is 6. The summed E-state index contributed by atoms with van der Waals surface area (Å²) in [7, 11) is 0. The van der Waals surface area contributed by atoms with E-state index >= 15 is 0 Å². The van der Waals surface area contributed by atoms with E-state index in [0.29, 0.717) is 64.3 Å². The van der Waals surface area contributed by atoms with Crippen molar-refractivity contribution in [3.63, 3.8) is 0 Å². The van der Waals surface area contributed by atoms with E-state index in [4.69, 9.17) is 10.5 Å². The molecule has 4 heteroatoms. The lowest BCUT2D eigenvalue weighted by atomic mass is 9.46. The fourth-order valence-corrected chi connectivity index (χ4v) is 15.5. The van der Waals surface area contributed by atoms with Crippen LogP contribution in [0.5, 0.6) is 0 Å². The molecule has 8 rings (SSSR count). The monoisotopic (exact) mass is 721 g/mol. The molecule has 0 heterocycles. The fraction of sp³-hybridized carbons (Fsp3) is 0.796. The molecule has 5 fully saturated rings. The van der Waals surface area contributed by atoms with Crippen molar-refractivity contribution in [2.45, 2.75) is 165 Å². The summed E-state index contributed by atoms with van der Waals surface area (Å²) in [5.41, 5.74) is 4.20. The largest absolute Gasteiger partial charge is 0.295 e. The molecule has 0 aromatic rings. The molecule has 53 heavy (non-hydrogen) atoms. The summed E-state index contributed by atoms with van der Waals surface area (Å²) in [6.07, 6.45) is 29.1. The second kappa shape index (κ2) is 15.2. The second-order valence-electron chi connectivity index (χ2n) is 20.4. The van der Waals surface area contributed by atoms with Crippen molar-refractivity contribution in [2.75, 3.05) is 0 Å². The summed E-state index contributed by atoms with van der Waals surface area (Å²) >= 11 is 0. The molecule has 8 aliphatic carbocycles. The Morgan fingerprint density at radius 1 is 0.660 bits per heavy atom. The van der Waals surface area contributed by atoms with Crippen molar-refractivity contribution in [2.24, 2.45) is 80.8 Å². The number of ketones is 2. The first kappa shape index (κ1) is 40.2. The number of allylic oxidation sites excluding steroid dienone is 5. The Kier molecular flexibility index (Phi) is 11.6. The van der Waals surface area contributed by atoms with Crippen LogP contribution in [0.25, 0.3) is 0 Å². The Hall–Kier alpha value is -2.46. The highest BCUT2D eigenvalue weighted by atomic mass is 16.1. The van der Waals surface area contributed by atoms with Gasteiger partial charge < -0.3 is 0 Å². The van der Waals surface area contributed by atoms with Gasteiger partial charge in [0.1, 0.15) is 0 Å². The zero-order chi connectivity index (χ0) is 37.1. The third-order valence-corrected chi connectivity index (χ3v) is 18.4. The van der Waals surface area contributed by atoms with Gasteiger partial charge in [0.05, 0.1) is 12.1 Å². The number of hydrogen-bond donors (Lipinski definition) is 0. The molecule has 4 nitrogen and oxygen atoms in total. The maximum Gasteiger partial charge on any atom is 0.156 e. The van der Waals surface area contributed by atoms with Crippen LogP contribution in [0, 0.1) is 104 Å². The summed E-state index contributed by atoms with van der Waals surface area (Å²) in [5, 5.41) is 18.0. The van der Waals surface area contributed by atoms with Gasteiger partial charge in [0.2, 0.25) is 0 Å². The van der Waals surface area contributed by atoms with Gasteiger partial charge in [0.15, 0.2) is 11.6 Å². The topological polar surface area (TPSA) is 81.7 Å². The van der Waals surface area contributed by atoms with Gasteiger partial charge >= 0.3 is 0 Å². The van der Waals surface area contributed by atoms with Gasteiger partial charge in [-0.3, -0.25) is 9.59 Å². The van der Waals surface area contributed by atoms with Gasteiger partial charge in [-0.1, -0.05) is 66.7 Å². The Balaban J connectivity index is 0.000000178. The highest BCUT2D eigenvalue weighted by molar-refractivity contribution is 5.92. The average Bonchev–Trinajstić information content (AvgIpc) is 3.67. The Labute approximate surface area is 323 Å². The molecule has 8 aliphatic rings. The van der Waals surface area contributed by atoms with Crippen LogP contribution in [0.1, 0.15) is 165 Å². The quantitative estimate of drug-likeness (QED) is 0.273. The molecule has 0 aromatic heterocycles. The van der Waals surface area contributed by atoms with E-state index in [1.54, 1.807) is 0 Å². The number of carbonyl (C=O) groups is 2. The first-order chi connectivity index (χ1) is 24.8. The van der Waals surface area contributed by atoms with Crippen LogP contribution in [0.3, 0.4) is 0 Å². The third kappa shape index (κ3) is 6.67. The number of nitrogens with zero attached hydrogens (tertiary/aromatic N) is 2. The summed E-state index contributed by atoms with van der Waals surface area (Å²) in [6.45, 7) is 14.8. The summed E-state index contributed by atoms with van der Waals surface area (Å²) in [5.74, 6) is 8.28. The van der Waals surface area contributed by atoms with Gasteiger partial charge in [0.25, 0.3) is 0 Å². The van der Waals surface area contributed by atoms with Gasteiger partial charge in [0, 0.05) is 25.7 Å². The van der Waals surface area contributed by atoms with Crippen LogP contribution in [0.2, 0.25) is 0 Å². The maximum absolute atomic E-state index is 12.0. The van der Waals surface area contributed by atoms with Crippen LogP contribution in [0.15, 0.2) is 35.5 Å². The lowest BCUT2D eigenvalue weighted by Gasteiger charge is -2.58. The Morgan fingerprint density at radius 3 is 1.83 bits per heavy atom. The molecule has 5 saturated carbocycles. The molecule has 0 aromatic carbocycles. The van der Waals surface area contributed by atoms with Crippen molar-refractivity contribution in [1.29, 1.82) is 10.5 Å². The maximum atomic E-state index is 12.0. The molecule has 0 aliphatic heterocycles. The van der Waals surface area contributed by atoms with E-state index in [9.17, 15) is 9.59 Å². The van der Waals surface area contributed by atoms with E-state index in [0.717, 1.165) is 80.5 Å². The summed E-state index contributed by atoms with van der Waals surface area (Å²) < 4.78 is 0. The minimum atomic E-state index is 0. The highest BCUT2D eigenvalue weighted by Gasteiger charge is 2.60. The van der Waals surface area contributed by atoms with E-state index in [1.807, 2.05) is 12.2 Å². The van der Waals surface area contributed by atoms with Crippen LogP contribution >= 0.6 is 0 Å². The van der Waals surface area contributed by atoms with E-state index < -0.39 is 0 Å². The SMILES string of the molecule is C.C[C@H](CCC#N)C1CCC2C3C=CC4=CC(=O)CC[C@]4(C)C3CC[C@@]21C.C[C@H](CCC#N)C1CCC2C3CCC4=CC(=O)CC[C@]4(C)C3CC[C@@]21C. The molecule has 0 amide bonds. The molecule has 8 unspecified atom stereocenters. The minimum absolute atomic E-state index is 0. The second-order valence-corrected chi connectivity index (χ2v) is 20.4. The van der Waals surface area contributed by atoms with Crippen LogP contribution in [-0.2, 0) is 9.59 Å². The average molecular weight is 721 g/mol. The van der Waals surface area contributed by atoms with Gasteiger partial charge in [-0.15, -0.1) is 0 Å². The van der Waals surface area contributed by atoms with E-state index in [-0.39, 0.29) is 12.8 Å². The zero-order valence-electron chi connectivity index (χ0n) is 33.5. The van der Waals surface area contributed by atoms with E-state index in [2.05, 4.69) is 65.8 Å². The predicted molar refractivity (Wildman–Crippen MR) is 215 cm³/mol. The highest BCUT2D eigenvalue weighted by Crippen LogP contribution is 2.68. The normalized spacial score (nSPS) is 44.6. The van der Waals surface area contributed by atoms with Crippen LogP contribution in [-0.4, -0.2) is 11.6 Å². The standard InChI is InChI=1S/C24H35NO.C24H33NO.CH4/c2*1-16(5-4-14-25)20-8-9-21-19-7-6-17-15-18(26)10-12-23(17,2)22(19)11-13-24(20,21)3;/h15-16,19-22H,4-13H2,1-3H3;6-7,15-16,19-22H,4-5,8-13H2,1-3H3;1H4/t2*16-,19?,20?,21?,22?,23+,24-;/m11./s1. The predicted octanol–water partition coefficient (Wildman–Crippen LogP) is 12.6.